The molecular weight excluding hydrogens is 284 g/mol. The first kappa shape index (κ1) is 15.6. The number of methoxy groups -OCH3 is 1. The summed E-state index contributed by atoms with van der Waals surface area (Å²) in [5.41, 5.74) is 9.39. The third kappa shape index (κ3) is 3.65. The SMILES string of the molecule is COc1cc(N/N=C(\C#N)C(=N)N)ccc1N1CCOCC1. The van der Waals surface area contributed by atoms with Gasteiger partial charge in [-0.25, -0.2) is 0 Å². The number of anilines is 2. The van der Waals surface area contributed by atoms with Gasteiger partial charge in [0.05, 0.1) is 31.7 Å². The van der Waals surface area contributed by atoms with Crippen LogP contribution < -0.4 is 20.8 Å². The fraction of sp³-hybridized carbons (Fsp3) is 0.357. The number of hydrogen-bond acceptors (Lipinski definition) is 7. The van der Waals surface area contributed by atoms with Crippen molar-refractivity contribution < 1.29 is 9.47 Å². The van der Waals surface area contributed by atoms with E-state index in [-0.39, 0.29) is 11.5 Å². The third-order valence-corrected chi connectivity index (χ3v) is 3.19. The molecule has 1 aliphatic heterocycles. The van der Waals surface area contributed by atoms with E-state index in [4.69, 9.17) is 25.9 Å². The Labute approximate surface area is 128 Å². The van der Waals surface area contributed by atoms with Crippen molar-refractivity contribution in [1.29, 1.82) is 10.7 Å². The topological polar surface area (TPSA) is 120 Å². The van der Waals surface area contributed by atoms with Gasteiger partial charge < -0.3 is 20.1 Å². The number of amidine groups is 1. The number of benzene rings is 1. The molecule has 0 bridgehead atoms. The van der Waals surface area contributed by atoms with E-state index in [0.29, 0.717) is 24.7 Å². The number of nitrogens with two attached hydrogens (primary N) is 1. The molecule has 1 aliphatic rings. The van der Waals surface area contributed by atoms with Gasteiger partial charge in [0.15, 0.2) is 5.84 Å². The average Bonchev–Trinajstić information content (AvgIpc) is 2.55. The van der Waals surface area contributed by atoms with Crippen molar-refractivity contribution in [3.63, 3.8) is 0 Å². The normalized spacial score (nSPS) is 15.1. The Bertz CT molecular complexity index is 616. The van der Waals surface area contributed by atoms with Gasteiger partial charge in [-0.1, -0.05) is 0 Å². The second kappa shape index (κ2) is 7.28. The van der Waals surface area contributed by atoms with Gasteiger partial charge in [-0.15, -0.1) is 0 Å². The molecule has 116 valence electrons. The number of morpholine rings is 1. The van der Waals surface area contributed by atoms with Crippen LogP contribution in [0.25, 0.3) is 0 Å². The molecule has 22 heavy (non-hydrogen) atoms. The lowest BCUT2D eigenvalue weighted by atomic mass is 10.2. The van der Waals surface area contributed by atoms with Gasteiger partial charge in [0.1, 0.15) is 11.8 Å². The van der Waals surface area contributed by atoms with E-state index in [0.717, 1.165) is 18.8 Å². The van der Waals surface area contributed by atoms with Gasteiger partial charge in [0, 0.05) is 19.2 Å². The highest BCUT2D eigenvalue weighted by Crippen LogP contribution is 2.31. The van der Waals surface area contributed by atoms with Crippen LogP contribution in [0.4, 0.5) is 11.4 Å². The first-order valence-electron chi connectivity index (χ1n) is 6.74. The van der Waals surface area contributed by atoms with Crippen molar-refractivity contribution in [3.8, 4) is 11.8 Å². The van der Waals surface area contributed by atoms with Gasteiger partial charge in [-0.2, -0.15) is 10.4 Å². The Kier molecular flexibility index (Phi) is 5.16. The predicted octanol–water partition coefficient (Wildman–Crippen LogP) is 0.759. The van der Waals surface area contributed by atoms with Gasteiger partial charge in [0.25, 0.3) is 0 Å². The van der Waals surface area contributed by atoms with Crippen molar-refractivity contribution in [2.75, 3.05) is 43.7 Å². The summed E-state index contributed by atoms with van der Waals surface area (Å²) in [5.74, 6) is 0.315. The zero-order valence-electron chi connectivity index (χ0n) is 12.3. The van der Waals surface area contributed by atoms with E-state index in [1.54, 1.807) is 19.2 Å². The van der Waals surface area contributed by atoms with Gasteiger partial charge in [-0.05, 0) is 12.1 Å². The van der Waals surface area contributed by atoms with E-state index in [2.05, 4.69) is 15.4 Å². The van der Waals surface area contributed by atoms with Crippen LogP contribution >= 0.6 is 0 Å². The minimum absolute atomic E-state index is 0.170. The number of nitriles is 1. The molecule has 0 unspecified atom stereocenters. The van der Waals surface area contributed by atoms with Crippen molar-refractivity contribution in [2.24, 2.45) is 10.8 Å². The summed E-state index contributed by atoms with van der Waals surface area (Å²) in [5, 5.41) is 19.8. The quantitative estimate of drug-likeness (QED) is 0.419. The highest BCUT2D eigenvalue weighted by atomic mass is 16.5. The maximum absolute atomic E-state index is 8.80. The molecule has 1 heterocycles. The molecule has 0 spiro atoms. The smallest absolute Gasteiger partial charge is 0.201 e. The Morgan fingerprint density at radius 3 is 2.82 bits per heavy atom. The average molecular weight is 302 g/mol. The van der Waals surface area contributed by atoms with Crippen LogP contribution in [0.2, 0.25) is 0 Å². The van der Waals surface area contributed by atoms with Crippen molar-refractivity contribution in [1.82, 2.24) is 0 Å². The molecule has 1 saturated heterocycles. The van der Waals surface area contributed by atoms with Crippen LogP contribution in [0, 0.1) is 16.7 Å². The minimum atomic E-state index is -0.382. The zero-order chi connectivity index (χ0) is 15.9. The highest BCUT2D eigenvalue weighted by molar-refractivity contribution is 6.45. The third-order valence-electron chi connectivity index (χ3n) is 3.19. The molecule has 8 heteroatoms. The maximum atomic E-state index is 8.80. The minimum Gasteiger partial charge on any atom is -0.495 e. The molecule has 0 radical (unpaired) electrons. The highest BCUT2D eigenvalue weighted by Gasteiger charge is 2.15. The Morgan fingerprint density at radius 2 is 2.23 bits per heavy atom. The summed E-state index contributed by atoms with van der Waals surface area (Å²) in [6.45, 7) is 3.00. The van der Waals surface area contributed by atoms with Gasteiger partial charge in [0.2, 0.25) is 5.71 Å². The van der Waals surface area contributed by atoms with Crippen molar-refractivity contribution >= 4 is 22.9 Å². The molecule has 1 aromatic rings. The summed E-state index contributed by atoms with van der Waals surface area (Å²) in [6, 6.07) is 7.27. The van der Waals surface area contributed by atoms with E-state index in [1.807, 2.05) is 12.1 Å². The van der Waals surface area contributed by atoms with Crippen LogP contribution in [0.3, 0.4) is 0 Å². The number of nitrogens with one attached hydrogen (secondary N) is 2. The summed E-state index contributed by atoms with van der Waals surface area (Å²) in [7, 11) is 1.60. The van der Waals surface area contributed by atoms with Gasteiger partial charge in [-0.3, -0.25) is 10.8 Å². The summed E-state index contributed by atoms with van der Waals surface area (Å²) < 4.78 is 10.8. The number of rotatable bonds is 5. The second-order valence-corrected chi connectivity index (χ2v) is 4.58. The van der Waals surface area contributed by atoms with Gasteiger partial charge >= 0.3 is 0 Å². The fourth-order valence-corrected chi connectivity index (χ4v) is 2.08. The molecule has 1 fully saturated rings. The van der Waals surface area contributed by atoms with Crippen LogP contribution in [0.15, 0.2) is 23.3 Å². The Hall–Kier alpha value is -2.79. The van der Waals surface area contributed by atoms with Crippen molar-refractivity contribution in [3.05, 3.63) is 18.2 Å². The molecule has 1 aromatic carbocycles. The molecule has 0 aliphatic carbocycles. The number of hydrazone groups is 1. The predicted molar refractivity (Wildman–Crippen MR) is 84.6 cm³/mol. The molecule has 2 rings (SSSR count). The Morgan fingerprint density at radius 1 is 1.50 bits per heavy atom. The first-order valence-corrected chi connectivity index (χ1v) is 6.74. The lowest BCUT2D eigenvalue weighted by Crippen LogP contribution is -2.36. The maximum Gasteiger partial charge on any atom is 0.201 e. The number of nitrogens with zero attached hydrogens (tertiary/aromatic N) is 3. The summed E-state index contributed by atoms with van der Waals surface area (Å²) >= 11 is 0. The Balaban J connectivity index is 2.18. The van der Waals surface area contributed by atoms with Crippen LogP contribution in [0.5, 0.6) is 5.75 Å². The van der Waals surface area contributed by atoms with E-state index in [1.165, 1.54) is 0 Å². The molecule has 4 N–H and O–H groups in total. The molecule has 0 saturated carbocycles. The summed E-state index contributed by atoms with van der Waals surface area (Å²) in [4.78, 5) is 2.19. The fourth-order valence-electron chi connectivity index (χ4n) is 2.08. The lowest BCUT2D eigenvalue weighted by Gasteiger charge is -2.30. The van der Waals surface area contributed by atoms with E-state index < -0.39 is 0 Å². The van der Waals surface area contributed by atoms with E-state index in [9.17, 15) is 0 Å². The van der Waals surface area contributed by atoms with E-state index >= 15 is 0 Å². The second-order valence-electron chi connectivity index (χ2n) is 4.58. The molecule has 0 amide bonds. The molecule has 0 atom stereocenters. The number of ether oxygens (including phenoxy) is 2. The lowest BCUT2D eigenvalue weighted by molar-refractivity contribution is 0.122. The largest absolute Gasteiger partial charge is 0.495 e. The molecular formula is C14H18N6O2. The standard InChI is InChI=1S/C14H18N6O2/c1-21-13-8-10(18-19-11(9-15)14(16)17)2-3-12(13)20-4-6-22-7-5-20/h2-3,8,18H,4-7H2,1H3,(H3,16,17)/b19-11+. The van der Waals surface area contributed by atoms with Crippen LogP contribution in [-0.4, -0.2) is 45.0 Å². The van der Waals surface area contributed by atoms with Crippen LogP contribution in [-0.2, 0) is 4.74 Å². The molecule has 0 aromatic heterocycles. The summed E-state index contributed by atoms with van der Waals surface area (Å²) in [6.07, 6.45) is 0. The number of hydrogen-bond donors (Lipinski definition) is 3. The first-order chi connectivity index (χ1) is 10.7. The van der Waals surface area contributed by atoms with Crippen LogP contribution in [0.1, 0.15) is 0 Å². The monoisotopic (exact) mass is 302 g/mol. The zero-order valence-corrected chi connectivity index (χ0v) is 12.3. The molecule has 8 nitrogen and oxygen atoms in total. The van der Waals surface area contributed by atoms with Crippen molar-refractivity contribution in [2.45, 2.75) is 0 Å².